The Morgan fingerprint density at radius 3 is 2.65 bits per heavy atom. The number of halogens is 1. The fourth-order valence-electron chi connectivity index (χ4n) is 3.20. The number of ether oxygens (including phenoxy) is 3. The van der Waals surface area contributed by atoms with E-state index in [-0.39, 0.29) is 23.7 Å². The molecule has 0 saturated carbocycles. The highest BCUT2D eigenvalue weighted by Gasteiger charge is 2.30. The molecule has 142 valence electrons. The first-order valence-electron chi connectivity index (χ1n) is 8.47. The number of fused-ring (bicyclic) bond motifs is 1. The molecule has 1 aromatic heterocycles. The lowest BCUT2D eigenvalue weighted by molar-refractivity contribution is 0.0341. The standard InChI is InChI=1S/C18H22BrNO6/c1-4-25-18(22)12-10(2)26-16-11(9-20-5-7-24-8-6-20)14(19)17(23-3)15(21)13(12)16/h21H,4-9H2,1-3H3. The Labute approximate surface area is 159 Å². The highest BCUT2D eigenvalue weighted by molar-refractivity contribution is 9.10. The molecule has 8 heteroatoms. The van der Waals surface area contributed by atoms with Gasteiger partial charge in [0.15, 0.2) is 11.5 Å². The van der Waals surface area contributed by atoms with Crippen molar-refractivity contribution in [2.24, 2.45) is 0 Å². The molecule has 0 amide bonds. The number of hydrogen-bond acceptors (Lipinski definition) is 7. The van der Waals surface area contributed by atoms with E-state index in [1.165, 1.54) is 7.11 Å². The molecular weight excluding hydrogens is 406 g/mol. The van der Waals surface area contributed by atoms with Crippen LogP contribution < -0.4 is 4.74 Å². The third kappa shape index (κ3) is 3.28. The van der Waals surface area contributed by atoms with Gasteiger partial charge in [0.1, 0.15) is 16.9 Å². The van der Waals surface area contributed by atoms with Crippen molar-refractivity contribution in [2.75, 3.05) is 40.0 Å². The maximum atomic E-state index is 12.4. The molecule has 0 atom stereocenters. The number of hydrogen-bond donors (Lipinski definition) is 1. The van der Waals surface area contributed by atoms with Crippen molar-refractivity contribution in [2.45, 2.75) is 20.4 Å². The molecule has 0 spiro atoms. The van der Waals surface area contributed by atoms with E-state index in [2.05, 4.69) is 20.8 Å². The number of esters is 1. The molecule has 0 radical (unpaired) electrons. The highest BCUT2D eigenvalue weighted by atomic mass is 79.9. The third-order valence-electron chi connectivity index (χ3n) is 4.44. The summed E-state index contributed by atoms with van der Waals surface area (Å²) in [6, 6.07) is 0. The molecule has 3 rings (SSSR count). The number of furan rings is 1. The van der Waals surface area contributed by atoms with E-state index in [1.807, 2.05) is 0 Å². The Hall–Kier alpha value is -1.77. The zero-order valence-electron chi connectivity index (χ0n) is 15.1. The van der Waals surface area contributed by atoms with Crippen molar-refractivity contribution in [3.63, 3.8) is 0 Å². The Kier molecular flexibility index (Phi) is 5.74. The van der Waals surface area contributed by atoms with E-state index < -0.39 is 5.97 Å². The summed E-state index contributed by atoms with van der Waals surface area (Å²) in [5.74, 6) is 0.00462. The van der Waals surface area contributed by atoms with Gasteiger partial charge in [-0.1, -0.05) is 0 Å². The summed E-state index contributed by atoms with van der Waals surface area (Å²) < 4.78 is 22.4. The molecule has 1 aliphatic heterocycles. The lowest BCUT2D eigenvalue weighted by atomic mass is 10.0. The van der Waals surface area contributed by atoms with Crippen LogP contribution in [0.4, 0.5) is 0 Å². The molecule has 1 aromatic carbocycles. The Bertz CT molecular complexity index is 825. The molecule has 1 N–H and O–H groups in total. The van der Waals surface area contributed by atoms with E-state index in [4.69, 9.17) is 18.6 Å². The summed E-state index contributed by atoms with van der Waals surface area (Å²) in [7, 11) is 1.47. The fourth-order valence-corrected chi connectivity index (χ4v) is 3.85. The molecule has 1 saturated heterocycles. The minimum Gasteiger partial charge on any atom is -0.504 e. The van der Waals surface area contributed by atoms with Crippen molar-refractivity contribution in [3.05, 3.63) is 21.4 Å². The van der Waals surface area contributed by atoms with E-state index in [0.717, 1.165) is 18.7 Å². The number of aromatic hydroxyl groups is 1. The quantitative estimate of drug-likeness (QED) is 0.733. The summed E-state index contributed by atoms with van der Waals surface area (Å²) >= 11 is 3.52. The Balaban J connectivity index is 2.20. The van der Waals surface area contributed by atoms with E-state index in [0.29, 0.717) is 41.0 Å². The SMILES string of the molecule is CCOC(=O)c1c(C)oc2c(CN3CCOCC3)c(Br)c(OC)c(O)c12. The second-order valence-electron chi connectivity index (χ2n) is 6.02. The van der Waals surface area contributed by atoms with Crippen molar-refractivity contribution in [1.29, 1.82) is 0 Å². The molecule has 2 heterocycles. The number of phenolic OH excluding ortho intramolecular Hbond substituents is 1. The first kappa shape index (κ1) is 19.0. The Morgan fingerprint density at radius 2 is 2.04 bits per heavy atom. The van der Waals surface area contributed by atoms with Crippen molar-refractivity contribution < 1.29 is 28.5 Å². The van der Waals surface area contributed by atoms with Crippen LogP contribution in [0.1, 0.15) is 28.6 Å². The highest BCUT2D eigenvalue weighted by Crippen LogP contribution is 2.47. The number of aryl methyl sites for hydroxylation is 1. The average molecular weight is 428 g/mol. The van der Waals surface area contributed by atoms with Gasteiger partial charge < -0.3 is 23.7 Å². The fraction of sp³-hybridized carbons (Fsp3) is 0.500. The van der Waals surface area contributed by atoms with Crippen LogP contribution in [0.3, 0.4) is 0 Å². The maximum Gasteiger partial charge on any atom is 0.342 e. The molecule has 0 aliphatic carbocycles. The van der Waals surface area contributed by atoms with Crippen LogP contribution in [0.25, 0.3) is 11.0 Å². The molecule has 7 nitrogen and oxygen atoms in total. The number of carbonyl (C=O) groups excluding carboxylic acids is 1. The number of methoxy groups -OCH3 is 1. The first-order chi connectivity index (χ1) is 12.5. The lowest BCUT2D eigenvalue weighted by Crippen LogP contribution is -2.35. The molecular formula is C18H22BrNO6. The number of nitrogens with zero attached hydrogens (tertiary/aromatic N) is 1. The normalized spacial score (nSPS) is 15.4. The van der Waals surface area contributed by atoms with Crippen LogP contribution in [0, 0.1) is 6.92 Å². The van der Waals surface area contributed by atoms with Gasteiger partial charge in [-0.15, -0.1) is 0 Å². The van der Waals surface area contributed by atoms with Gasteiger partial charge in [0.2, 0.25) is 0 Å². The largest absolute Gasteiger partial charge is 0.504 e. The van der Waals surface area contributed by atoms with Gasteiger partial charge in [-0.05, 0) is 29.8 Å². The van der Waals surface area contributed by atoms with Crippen LogP contribution in [0.5, 0.6) is 11.5 Å². The van der Waals surface area contributed by atoms with Gasteiger partial charge in [0.25, 0.3) is 0 Å². The summed E-state index contributed by atoms with van der Waals surface area (Å²) in [6.07, 6.45) is 0. The lowest BCUT2D eigenvalue weighted by Gasteiger charge is -2.27. The summed E-state index contributed by atoms with van der Waals surface area (Å²) in [4.78, 5) is 14.6. The van der Waals surface area contributed by atoms with Crippen molar-refractivity contribution in [1.82, 2.24) is 4.90 Å². The molecule has 2 aromatic rings. The van der Waals surface area contributed by atoms with Gasteiger partial charge in [-0.3, -0.25) is 4.90 Å². The second kappa shape index (κ2) is 7.85. The number of morpholine rings is 1. The van der Waals surface area contributed by atoms with Crippen molar-refractivity contribution in [3.8, 4) is 11.5 Å². The number of carbonyl (C=O) groups is 1. The van der Waals surface area contributed by atoms with E-state index in [1.54, 1.807) is 13.8 Å². The second-order valence-corrected chi connectivity index (χ2v) is 6.81. The minimum absolute atomic E-state index is 0.139. The topological polar surface area (TPSA) is 81.4 Å². The zero-order valence-corrected chi connectivity index (χ0v) is 16.6. The smallest absolute Gasteiger partial charge is 0.342 e. The number of phenols is 1. The van der Waals surface area contributed by atoms with Gasteiger partial charge in [0.05, 0.1) is 36.8 Å². The number of benzene rings is 1. The van der Waals surface area contributed by atoms with Crippen molar-refractivity contribution >= 4 is 32.9 Å². The van der Waals surface area contributed by atoms with Gasteiger partial charge in [0, 0.05) is 25.2 Å². The van der Waals surface area contributed by atoms with E-state index >= 15 is 0 Å². The monoisotopic (exact) mass is 427 g/mol. The summed E-state index contributed by atoms with van der Waals surface area (Å²) in [6.45, 7) is 7.15. The number of rotatable bonds is 5. The first-order valence-corrected chi connectivity index (χ1v) is 9.26. The summed E-state index contributed by atoms with van der Waals surface area (Å²) in [5.41, 5.74) is 1.51. The average Bonchev–Trinajstić information content (AvgIpc) is 2.97. The third-order valence-corrected chi connectivity index (χ3v) is 5.28. The van der Waals surface area contributed by atoms with Gasteiger partial charge in [-0.2, -0.15) is 0 Å². The maximum absolute atomic E-state index is 12.4. The van der Waals surface area contributed by atoms with Crippen LogP contribution in [0.15, 0.2) is 8.89 Å². The molecule has 0 unspecified atom stereocenters. The molecule has 0 bridgehead atoms. The van der Waals surface area contributed by atoms with E-state index in [9.17, 15) is 9.90 Å². The van der Waals surface area contributed by atoms with Gasteiger partial charge in [-0.25, -0.2) is 4.79 Å². The van der Waals surface area contributed by atoms with Gasteiger partial charge >= 0.3 is 5.97 Å². The Morgan fingerprint density at radius 1 is 1.35 bits per heavy atom. The molecule has 1 fully saturated rings. The zero-order chi connectivity index (χ0) is 18.8. The summed E-state index contributed by atoms with van der Waals surface area (Å²) in [5, 5.41) is 11.0. The van der Waals surface area contributed by atoms with Crippen LogP contribution in [-0.2, 0) is 16.0 Å². The predicted molar refractivity (Wildman–Crippen MR) is 98.9 cm³/mol. The van der Waals surface area contributed by atoms with Crippen LogP contribution in [0.2, 0.25) is 0 Å². The molecule has 26 heavy (non-hydrogen) atoms. The predicted octanol–water partition coefficient (Wildman–Crippen LogP) is 3.23. The van der Waals surface area contributed by atoms with Crippen LogP contribution >= 0.6 is 15.9 Å². The van der Waals surface area contributed by atoms with Crippen LogP contribution in [-0.4, -0.2) is 56.0 Å². The minimum atomic E-state index is -0.527. The molecule has 1 aliphatic rings.